The van der Waals surface area contributed by atoms with E-state index in [9.17, 15) is 8.42 Å². The molecule has 0 aliphatic heterocycles. The fourth-order valence-electron chi connectivity index (χ4n) is 1.35. The SMILES string of the molecule is COC(C)c1cc(C)ccc1S(=O)(=O)O. The highest BCUT2D eigenvalue weighted by molar-refractivity contribution is 7.85. The van der Waals surface area contributed by atoms with E-state index in [1.807, 2.05) is 6.92 Å². The van der Waals surface area contributed by atoms with Crippen molar-refractivity contribution in [3.8, 4) is 0 Å². The first-order valence-electron chi connectivity index (χ1n) is 4.47. The van der Waals surface area contributed by atoms with E-state index in [2.05, 4.69) is 0 Å². The van der Waals surface area contributed by atoms with Crippen LogP contribution in [0.1, 0.15) is 24.2 Å². The first-order valence-corrected chi connectivity index (χ1v) is 5.91. The number of hydrogen-bond acceptors (Lipinski definition) is 3. The van der Waals surface area contributed by atoms with Crippen molar-refractivity contribution in [1.29, 1.82) is 0 Å². The first kappa shape index (κ1) is 12.2. The summed E-state index contributed by atoms with van der Waals surface area (Å²) in [5.74, 6) is 0. The van der Waals surface area contributed by atoms with Crippen LogP contribution in [0.3, 0.4) is 0 Å². The molecule has 15 heavy (non-hydrogen) atoms. The highest BCUT2D eigenvalue weighted by atomic mass is 32.2. The molecule has 0 aliphatic carbocycles. The second-order valence-electron chi connectivity index (χ2n) is 3.39. The molecule has 1 aromatic carbocycles. The fraction of sp³-hybridized carbons (Fsp3) is 0.400. The molecule has 0 aromatic heterocycles. The number of ether oxygens (including phenoxy) is 1. The molecule has 1 aromatic rings. The zero-order chi connectivity index (χ0) is 11.6. The van der Waals surface area contributed by atoms with Gasteiger partial charge in [-0.05, 0) is 19.9 Å². The highest BCUT2D eigenvalue weighted by Crippen LogP contribution is 2.25. The van der Waals surface area contributed by atoms with E-state index < -0.39 is 10.1 Å². The quantitative estimate of drug-likeness (QED) is 0.806. The molecule has 4 nitrogen and oxygen atoms in total. The molecule has 84 valence electrons. The third kappa shape index (κ3) is 2.77. The van der Waals surface area contributed by atoms with Crippen molar-refractivity contribution in [2.75, 3.05) is 7.11 Å². The lowest BCUT2D eigenvalue weighted by Crippen LogP contribution is -2.07. The molecule has 0 bridgehead atoms. The molecule has 1 unspecified atom stereocenters. The summed E-state index contributed by atoms with van der Waals surface area (Å²) in [6.45, 7) is 3.57. The van der Waals surface area contributed by atoms with E-state index in [-0.39, 0.29) is 11.0 Å². The lowest BCUT2D eigenvalue weighted by molar-refractivity contribution is 0.117. The Bertz CT molecular complexity index is 450. The van der Waals surface area contributed by atoms with Crippen molar-refractivity contribution < 1.29 is 17.7 Å². The maximum absolute atomic E-state index is 11.1. The van der Waals surface area contributed by atoms with Gasteiger partial charge in [0.25, 0.3) is 10.1 Å². The second kappa shape index (κ2) is 4.30. The van der Waals surface area contributed by atoms with Gasteiger partial charge in [-0.25, -0.2) is 0 Å². The molecule has 0 saturated heterocycles. The van der Waals surface area contributed by atoms with Crippen LogP contribution in [0.15, 0.2) is 23.1 Å². The van der Waals surface area contributed by atoms with Crippen LogP contribution in [0.5, 0.6) is 0 Å². The average molecular weight is 230 g/mol. The average Bonchev–Trinajstić information content (AvgIpc) is 2.14. The highest BCUT2D eigenvalue weighted by Gasteiger charge is 2.19. The number of rotatable bonds is 3. The molecule has 1 atom stereocenters. The minimum absolute atomic E-state index is 0.0950. The minimum Gasteiger partial charge on any atom is -0.377 e. The minimum atomic E-state index is -4.19. The van der Waals surface area contributed by atoms with Gasteiger partial charge in [-0.2, -0.15) is 8.42 Å². The lowest BCUT2D eigenvalue weighted by Gasteiger charge is -2.14. The lowest BCUT2D eigenvalue weighted by atomic mass is 10.1. The van der Waals surface area contributed by atoms with E-state index in [0.717, 1.165) is 5.56 Å². The maximum atomic E-state index is 11.1. The van der Waals surface area contributed by atoms with Crippen LogP contribution >= 0.6 is 0 Å². The van der Waals surface area contributed by atoms with Crippen molar-refractivity contribution in [3.05, 3.63) is 29.3 Å². The first-order chi connectivity index (χ1) is 6.86. The van der Waals surface area contributed by atoms with Crippen LogP contribution in [0.2, 0.25) is 0 Å². The van der Waals surface area contributed by atoms with Crippen LogP contribution in [0.25, 0.3) is 0 Å². The Morgan fingerprint density at radius 2 is 2.00 bits per heavy atom. The van der Waals surface area contributed by atoms with Gasteiger partial charge in [0, 0.05) is 12.7 Å². The van der Waals surface area contributed by atoms with E-state index in [1.54, 1.807) is 19.1 Å². The fourth-order valence-corrected chi connectivity index (χ4v) is 2.11. The number of hydrogen-bond donors (Lipinski definition) is 1. The molecular weight excluding hydrogens is 216 g/mol. The number of benzene rings is 1. The Morgan fingerprint density at radius 1 is 1.40 bits per heavy atom. The topological polar surface area (TPSA) is 63.6 Å². The largest absolute Gasteiger partial charge is 0.377 e. The van der Waals surface area contributed by atoms with Crippen molar-refractivity contribution in [3.63, 3.8) is 0 Å². The predicted octanol–water partition coefficient (Wildman–Crippen LogP) is 1.95. The van der Waals surface area contributed by atoms with Gasteiger partial charge < -0.3 is 4.74 Å². The third-order valence-electron chi connectivity index (χ3n) is 2.23. The van der Waals surface area contributed by atoms with Gasteiger partial charge in [0.15, 0.2) is 0 Å². The van der Waals surface area contributed by atoms with Gasteiger partial charge in [-0.3, -0.25) is 4.55 Å². The molecule has 0 spiro atoms. The van der Waals surface area contributed by atoms with Crippen LogP contribution in [-0.2, 0) is 14.9 Å². The van der Waals surface area contributed by atoms with E-state index in [0.29, 0.717) is 5.56 Å². The molecule has 0 saturated carbocycles. The van der Waals surface area contributed by atoms with E-state index in [4.69, 9.17) is 9.29 Å². The monoisotopic (exact) mass is 230 g/mol. The Hall–Kier alpha value is -0.910. The summed E-state index contributed by atoms with van der Waals surface area (Å²) < 4.78 is 36.2. The van der Waals surface area contributed by atoms with Gasteiger partial charge in [-0.1, -0.05) is 17.7 Å². The van der Waals surface area contributed by atoms with Gasteiger partial charge in [0.05, 0.1) is 11.0 Å². The van der Waals surface area contributed by atoms with Crippen molar-refractivity contribution in [2.45, 2.75) is 24.8 Å². The van der Waals surface area contributed by atoms with E-state index in [1.165, 1.54) is 13.2 Å². The molecule has 0 amide bonds. The second-order valence-corrected chi connectivity index (χ2v) is 4.78. The Labute approximate surface area is 89.6 Å². The summed E-state index contributed by atoms with van der Waals surface area (Å²) in [4.78, 5) is -0.0950. The summed E-state index contributed by atoms with van der Waals surface area (Å²) in [6, 6.07) is 4.71. The van der Waals surface area contributed by atoms with Crippen LogP contribution in [0.4, 0.5) is 0 Å². The summed E-state index contributed by atoms with van der Waals surface area (Å²) >= 11 is 0. The van der Waals surface area contributed by atoms with Crippen LogP contribution < -0.4 is 0 Å². The van der Waals surface area contributed by atoms with Crippen LogP contribution in [-0.4, -0.2) is 20.1 Å². The van der Waals surface area contributed by atoms with Crippen LogP contribution in [0, 0.1) is 6.92 Å². The predicted molar refractivity (Wildman–Crippen MR) is 56.4 cm³/mol. The molecular formula is C10H14O4S. The smallest absolute Gasteiger partial charge is 0.294 e. The van der Waals surface area contributed by atoms with Gasteiger partial charge in [0.1, 0.15) is 0 Å². The Balaban J connectivity index is 3.40. The Kier molecular flexibility index (Phi) is 3.49. The zero-order valence-electron chi connectivity index (χ0n) is 8.89. The number of aryl methyl sites for hydroxylation is 1. The van der Waals surface area contributed by atoms with Crippen molar-refractivity contribution in [1.82, 2.24) is 0 Å². The van der Waals surface area contributed by atoms with Gasteiger partial charge in [0.2, 0.25) is 0 Å². The Morgan fingerprint density at radius 3 is 2.47 bits per heavy atom. The van der Waals surface area contributed by atoms with Gasteiger partial charge >= 0.3 is 0 Å². The molecule has 5 heteroatoms. The van der Waals surface area contributed by atoms with E-state index >= 15 is 0 Å². The number of methoxy groups -OCH3 is 1. The third-order valence-corrected chi connectivity index (χ3v) is 3.16. The summed E-state index contributed by atoms with van der Waals surface area (Å²) in [5, 5.41) is 0. The van der Waals surface area contributed by atoms with Crippen molar-refractivity contribution >= 4 is 10.1 Å². The summed E-state index contributed by atoms with van der Waals surface area (Å²) in [7, 11) is -2.70. The maximum Gasteiger partial charge on any atom is 0.294 e. The standard InChI is InChI=1S/C10H14O4S/c1-7-4-5-10(15(11,12)13)9(6-7)8(2)14-3/h4-6,8H,1-3H3,(H,11,12,13). The molecule has 0 aliphatic rings. The van der Waals surface area contributed by atoms with Crippen molar-refractivity contribution in [2.24, 2.45) is 0 Å². The zero-order valence-corrected chi connectivity index (χ0v) is 9.71. The van der Waals surface area contributed by atoms with Gasteiger partial charge in [-0.15, -0.1) is 0 Å². The normalized spacial score (nSPS) is 13.9. The summed E-state index contributed by atoms with van der Waals surface area (Å²) in [5.41, 5.74) is 1.39. The molecule has 1 rings (SSSR count). The summed E-state index contributed by atoms with van der Waals surface area (Å²) in [6.07, 6.45) is -0.373. The molecule has 1 N–H and O–H groups in total. The molecule has 0 radical (unpaired) electrons. The molecule has 0 fully saturated rings. The molecule has 0 heterocycles.